The Morgan fingerprint density at radius 1 is 0.696 bits per heavy atom. The van der Waals surface area contributed by atoms with Crippen LogP contribution in [0.1, 0.15) is 75.5 Å². The number of anilines is 2. The molecule has 0 saturated carbocycles. The van der Waals surface area contributed by atoms with Gasteiger partial charge in [0.15, 0.2) is 11.4 Å². The van der Waals surface area contributed by atoms with Gasteiger partial charge in [0.25, 0.3) is 12.4 Å². The van der Waals surface area contributed by atoms with Crippen molar-refractivity contribution in [2.75, 3.05) is 17.7 Å². The number of aliphatic hydroxyl groups is 1. The van der Waals surface area contributed by atoms with Crippen LogP contribution in [0.15, 0.2) is 103 Å². The molecule has 0 heterocycles. The molecule has 0 aromatic heterocycles. The Labute approximate surface area is 319 Å². The first-order valence-corrected chi connectivity index (χ1v) is 17.0. The van der Waals surface area contributed by atoms with Gasteiger partial charge in [-0.2, -0.15) is 13.2 Å². The first kappa shape index (κ1) is 40.5. The van der Waals surface area contributed by atoms with Crippen molar-refractivity contribution < 1.29 is 56.8 Å². The molecular formula is C42H37F3N2O9. The van der Waals surface area contributed by atoms with Crippen LogP contribution in [0, 0.1) is 0 Å². The molecule has 1 amide bonds. The molecule has 4 N–H and O–H groups in total. The van der Waals surface area contributed by atoms with Gasteiger partial charge in [-0.05, 0) is 97.8 Å². The Bertz CT molecular complexity index is 2290. The summed E-state index contributed by atoms with van der Waals surface area (Å²) < 4.78 is 57.3. The summed E-state index contributed by atoms with van der Waals surface area (Å²) in [6, 6.07) is 26.4. The highest BCUT2D eigenvalue weighted by Gasteiger charge is 2.52. The molecular weight excluding hydrogens is 733 g/mol. The molecule has 0 radical (unpaired) electrons. The Balaban J connectivity index is 1.30. The van der Waals surface area contributed by atoms with Crippen LogP contribution in [0.3, 0.4) is 0 Å². The number of hydrogen-bond donors (Lipinski definition) is 4. The van der Waals surface area contributed by atoms with Crippen LogP contribution >= 0.6 is 0 Å². The van der Waals surface area contributed by atoms with Gasteiger partial charge in [0.2, 0.25) is 0 Å². The number of carboxylic acids is 1. The fourth-order valence-electron chi connectivity index (χ4n) is 5.89. The van der Waals surface area contributed by atoms with Crippen molar-refractivity contribution in [1.82, 2.24) is 0 Å². The Kier molecular flexibility index (Phi) is 11.6. The maximum absolute atomic E-state index is 13.5. The first-order chi connectivity index (χ1) is 26.3. The van der Waals surface area contributed by atoms with Crippen molar-refractivity contribution in [3.05, 3.63) is 137 Å². The fourth-order valence-corrected chi connectivity index (χ4v) is 5.89. The van der Waals surface area contributed by atoms with Crippen LogP contribution in [0.4, 0.5) is 24.5 Å². The average molecular weight is 771 g/mol. The zero-order valence-corrected chi connectivity index (χ0v) is 30.8. The third-order valence-electron chi connectivity index (χ3n) is 9.22. The molecule has 0 aliphatic carbocycles. The van der Waals surface area contributed by atoms with E-state index in [1.54, 1.807) is 30.3 Å². The zero-order valence-electron chi connectivity index (χ0n) is 30.8. The van der Waals surface area contributed by atoms with Gasteiger partial charge < -0.3 is 35.1 Å². The number of carbonyl (C=O) groups excluding carboxylic acids is 3. The number of hydrogen-bond acceptors (Lipinski definition) is 9. The quantitative estimate of drug-likeness (QED) is 0.0634. The Morgan fingerprint density at radius 2 is 1.21 bits per heavy atom. The summed E-state index contributed by atoms with van der Waals surface area (Å²) in [5.74, 6) is -0.954. The van der Waals surface area contributed by atoms with E-state index in [0.29, 0.717) is 24.2 Å². The number of amides is 1. The number of rotatable bonds is 14. The van der Waals surface area contributed by atoms with E-state index < -0.39 is 34.6 Å². The van der Waals surface area contributed by atoms with E-state index in [2.05, 4.69) is 10.6 Å². The zero-order chi connectivity index (χ0) is 41.0. The molecule has 1 unspecified atom stereocenters. The molecule has 5 rings (SSSR count). The number of ether oxygens (including phenoxy) is 3. The van der Waals surface area contributed by atoms with E-state index in [1.807, 2.05) is 38.1 Å². The molecule has 0 bridgehead atoms. The SMILES string of the molecule is CNc1cc(NC(=O)c2cc(Oc3ccc(C(C)(C)c4ccc(Oc5ccc(OC=O)c(C(C)=O)c5)cc4)cc3)ccc2C(=O)O)ccc1C(C)(O)C(F)(F)F. The van der Waals surface area contributed by atoms with Crippen LogP contribution in [0.2, 0.25) is 0 Å². The van der Waals surface area contributed by atoms with E-state index in [1.165, 1.54) is 56.4 Å². The minimum absolute atomic E-state index is 0.0459. The van der Waals surface area contributed by atoms with Crippen LogP contribution in [0.25, 0.3) is 0 Å². The average Bonchev–Trinajstić information content (AvgIpc) is 3.15. The number of halogens is 3. The lowest BCUT2D eigenvalue weighted by Gasteiger charge is -2.29. The maximum atomic E-state index is 13.5. The number of carboxylic acid groups (broad SMARTS) is 1. The van der Waals surface area contributed by atoms with E-state index in [9.17, 15) is 42.6 Å². The molecule has 1 atom stereocenters. The molecule has 0 fully saturated rings. The third kappa shape index (κ3) is 8.66. The molecule has 14 heteroatoms. The molecule has 0 saturated heterocycles. The van der Waals surface area contributed by atoms with Crippen molar-refractivity contribution in [1.29, 1.82) is 0 Å². The predicted octanol–water partition coefficient (Wildman–Crippen LogP) is 9.10. The summed E-state index contributed by atoms with van der Waals surface area (Å²) in [6.07, 6.45) is -4.98. The molecule has 11 nitrogen and oxygen atoms in total. The minimum Gasteiger partial charge on any atom is -0.478 e. The Morgan fingerprint density at radius 3 is 1.70 bits per heavy atom. The minimum atomic E-state index is -4.98. The molecule has 5 aromatic rings. The summed E-state index contributed by atoms with van der Waals surface area (Å²) in [5.41, 5.74) is -2.69. The second-order valence-corrected chi connectivity index (χ2v) is 13.4. The van der Waals surface area contributed by atoms with E-state index >= 15 is 0 Å². The number of nitrogens with one attached hydrogen (secondary N) is 2. The lowest BCUT2D eigenvalue weighted by molar-refractivity contribution is -0.258. The number of ketones is 1. The highest BCUT2D eigenvalue weighted by molar-refractivity contribution is 6.11. The third-order valence-corrected chi connectivity index (χ3v) is 9.22. The highest BCUT2D eigenvalue weighted by Crippen LogP contribution is 2.42. The van der Waals surface area contributed by atoms with Gasteiger partial charge in [0.05, 0.1) is 16.7 Å². The van der Waals surface area contributed by atoms with Crippen LogP contribution < -0.4 is 24.8 Å². The number of alkyl halides is 3. The van der Waals surface area contributed by atoms with Gasteiger partial charge in [0, 0.05) is 29.4 Å². The second kappa shape index (κ2) is 16.0. The normalized spacial score (nSPS) is 12.5. The van der Waals surface area contributed by atoms with Gasteiger partial charge in [-0.25, -0.2) is 4.79 Å². The van der Waals surface area contributed by atoms with E-state index in [4.69, 9.17) is 14.2 Å². The number of aromatic carboxylic acids is 1. The maximum Gasteiger partial charge on any atom is 0.421 e. The van der Waals surface area contributed by atoms with Gasteiger partial charge in [-0.15, -0.1) is 0 Å². The van der Waals surface area contributed by atoms with E-state index in [-0.39, 0.29) is 51.8 Å². The largest absolute Gasteiger partial charge is 0.478 e. The monoisotopic (exact) mass is 770 g/mol. The summed E-state index contributed by atoms with van der Waals surface area (Å²) >= 11 is 0. The molecule has 56 heavy (non-hydrogen) atoms. The predicted molar refractivity (Wildman–Crippen MR) is 201 cm³/mol. The van der Waals surface area contributed by atoms with Gasteiger partial charge in [-0.1, -0.05) is 44.2 Å². The van der Waals surface area contributed by atoms with Gasteiger partial charge in [0.1, 0.15) is 28.7 Å². The standard InChI is InChI=1S/C42H37F3N2O9/c1-24(49)33-21-31(16-19-37(33)54-23-48)56-29-13-8-26(9-14-29)40(2,3)25-6-11-28(12-7-25)55-30-15-17-32(39(51)52)34(22-30)38(50)47-27-10-18-35(36(20-27)46-5)41(4,53)42(43,44)45/h6-23,46,53H,1-5H3,(H,47,50)(H,51,52). The molecule has 0 spiro atoms. The molecule has 0 aliphatic rings. The van der Waals surface area contributed by atoms with Crippen molar-refractivity contribution in [2.24, 2.45) is 0 Å². The van der Waals surface area contributed by atoms with Gasteiger partial charge >= 0.3 is 12.1 Å². The second-order valence-electron chi connectivity index (χ2n) is 13.4. The number of carbonyl (C=O) groups is 4. The van der Waals surface area contributed by atoms with Crippen molar-refractivity contribution in [2.45, 2.75) is 44.9 Å². The smallest absolute Gasteiger partial charge is 0.421 e. The highest BCUT2D eigenvalue weighted by atomic mass is 19.4. The van der Waals surface area contributed by atoms with Crippen molar-refractivity contribution in [3.8, 4) is 28.7 Å². The van der Waals surface area contributed by atoms with Crippen LogP contribution in [-0.4, -0.2) is 47.6 Å². The lowest BCUT2D eigenvalue weighted by Crippen LogP contribution is -2.39. The number of benzene rings is 5. The fraction of sp³-hybridized carbons (Fsp3) is 0.190. The summed E-state index contributed by atoms with van der Waals surface area (Å²) in [7, 11) is 1.35. The lowest BCUT2D eigenvalue weighted by atomic mass is 9.78. The summed E-state index contributed by atoms with van der Waals surface area (Å²) in [5, 5.41) is 25.1. The molecule has 5 aromatic carbocycles. The van der Waals surface area contributed by atoms with Crippen molar-refractivity contribution in [3.63, 3.8) is 0 Å². The van der Waals surface area contributed by atoms with E-state index in [0.717, 1.165) is 17.2 Å². The first-order valence-electron chi connectivity index (χ1n) is 17.0. The number of Topliss-reactive ketones (excluding diaryl/α,β-unsaturated/α-hetero) is 1. The molecule has 0 aliphatic heterocycles. The van der Waals surface area contributed by atoms with Crippen LogP contribution in [0.5, 0.6) is 28.7 Å². The molecule has 290 valence electrons. The summed E-state index contributed by atoms with van der Waals surface area (Å²) in [4.78, 5) is 48.2. The van der Waals surface area contributed by atoms with Crippen LogP contribution in [-0.2, 0) is 15.8 Å². The summed E-state index contributed by atoms with van der Waals surface area (Å²) in [6.45, 7) is 6.29. The Hall–Kier alpha value is -6.67. The topological polar surface area (TPSA) is 160 Å². The van der Waals surface area contributed by atoms with Crippen molar-refractivity contribution >= 4 is 35.5 Å². The van der Waals surface area contributed by atoms with Gasteiger partial charge in [-0.3, -0.25) is 14.4 Å².